The highest BCUT2D eigenvalue weighted by atomic mass is 16.7. The van der Waals surface area contributed by atoms with Gasteiger partial charge < -0.3 is 64.2 Å². The Bertz CT molecular complexity index is 860. The molecule has 15 nitrogen and oxygen atoms in total. The standard InChI is InChI=1S/C32H58O15/c1-3-5-7-8-9-10-11-13-14-23(34)42-17-20(45-24(35)15-12-6-4-2)18-43-31-30(41)28(39)26(37)22(47-31)19-44-32-29(40)27(38)25(36)21(16-33)46-32/h20-22,25-33,36-41H,3-19H2,1-2H3/t20-,21-,22-,25+,26+,27+,28+,29-,30-,31-,32+/m1/s1. The van der Waals surface area contributed by atoms with Crippen molar-refractivity contribution in [3.05, 3.63) is 0 Å². The SMILES string of the molecule is CCCCCCCCCCC(=O)OC[C@H](CO[C@@H]1O[C@H](CO[C@H]2O[C@H](CO)[C@H](O)[C@H](O)[C@H]2O)[C@H](O)[C@H](O)[C@H]1O)OC(=O)CCCCC. The molecule has 0 spiro atoms. The Kier molecular flexibility index (Phi) is 20.4. The van der Waals surface area contributed by atoms with E-state index in [0.29, 0.717) is 12.8 Å². The largest absolute Gasteiger partial charge is 0.462 e. The Morgan fingerprint density at radius 3 is 1.70 bits per heavy atom. The Morgan fingerprint density at radius 1 is 0.596 bits per heavy atom. The van der Waals surface area contributed by atoms with Gasteiger partial charge in [0.1, 0.15) is 55.4 Å². The molecule has 0 aromatic heterocycles. The molecule has 2 fully saturated rings. The second-order valence-corrected chi connectivity index (χ2v) is 12.4. The fourth-order valence-corrected chi connectivity index (χ4v) is 5.33. The molecule has 2 saturated heterocycles. The van der Waals surface area contributed by atoms with E-state index in [2.05, 4.69) is 6.92 Å². The summed E-state index contributed by atoms with van der Waals surface area (Å²) in [7, 11) is 0. The summed E-state index contributed by atoms with van der Waals surface area (Å²) in [5, 5.41) is 71.0. The lowest BCUT2D eigenvalue weighted by Crippen LogP contribution is -2.61. The highest BCUT2D eigenvalue weighted by Gasteiger charge is 2.47. The number of esters is 2. The van der Waals surface area contributed by atoms with Crippen LogP contribution in [0.5, 0.6) is 0 Å². The third-order valence-electron chi connectivity index (χ3n) is 8.34. The molecule has 0 aliphatic carbocycles. The fourth-order valence-electron chi connectivity index (χ4n) is 5.33. The van der Waals surface area contributed by atoms with Gasteiger partial charge in [-0.1, -0.05) is 71.6 Å². The Balaban J connectivity index is 1.92. The Labute approximate surface area is 277 Å². The van der Waals surface area contributed by atoms with E-state index in [1.807, 2.05) is 6.92 Å². The summed E-state index contributed by atoms with van der Waals surface area (Å²) in [4.78, 5) is 24.8. The molecule has 0 bridgehead atoms. The van der Waals surface area contributed by atoms with Crippen molar-refractivity contribution in [2.75, 3.05) is 26.4 Å². The van der Waals surface area contributed by atoms with Gasteiger partial charge in [-0.3, -0.25) is 9.59 Å². The second-order valence-electron chi connectivity index (χ2n) is 12.4. The van der Waals surface area contributed by atoms with Crippen LogP contribution in [0.25, 0.3) is 0 Å². The number of hydrogen-bond acceptors (Lipinski definition) is 15. The summed E-state index contributed by atoms with van der Waals surface area (Å²) in [6, 6.07) is 0. The number of ether oxygens (including phenoxy) is 6. The van der Waals surface area contributed by atoms with Gasteiger partial charge in [-0.25, -0.2) is 0 Å². The van der Waals surface area contributed by atoms with Gasteiger partial charge in [0.2, 0.25) is 0 Å². The van der Waals surface area contributed by atoms with Crippen molar-refractivity contribution in [1.29, 1.82) is 0 Å². The summed E-state index contributed by atoms with van der Waals surface area (Å²) in [6.07, 6.45) is -5.49. The molecule has 11 atom stereocenters. The number of unbranched alkanes of at least 4 members (excludes halogenated alkanes) is 9. The van der Waals surface area contributed by atoms with Gasteiger partial charge in [0, 0.05) is 12.8 Å². The minimum Gasteiger partial charge on any atom is -0.462 e. The highest BCUT2D eigenvalue weighted by Crippen LogP contribution is 2.26. The fraction of sp³-hybridized carbons (Fsp3) is 0.938. The summed E-state index contributed by atoms with van der Waals surface area (Å²) >= 11 is 0. The zero-order valence-corrected chi connectivity index (χ0v) is 27.8. The van der Waals surface area contributed by atoms with E-state index in [1.54, 1.807) is 0 Å². The molecule has 2 heterocycles. The van der Waals surface area contributed by atoms with Crippen molar-refractivity contribution in [1.82, 2.24) is 0 Å². The molecule has 47 heavy (non-hydrogen) atoms. The Morgan fingerprint density at radius 2 is 1.09 bits per heavy atom. The van der Waals surface area contributed by atoms with Crippen LogP contribution < -0.4 is 0 Å². The first-order chi connectivity index (χ1) is 22.5. The van der Waals surface area contributed by atoms with Crippen molar-refractivity contribution in [2.24, 2.45) is 0 Å². The minimum absolute atomic E-state index is 0.154. The molecule has 2 aliphatic rings. The zero-order valence-electron chi connectivity index (χ0n) is 27.8. The maximum Gasteiger partial charge on any atom is 0.306 e. The smallest absolute Gasteiger partial charge is 0.306 e. The number of aliphatic hydroxyl groups excluding tert-OH is 7. The van der Waals surface area contributed by atoms with Crippen molar-refractivity contribution < 1.29 is 73.8 Å². The van der Waals surface area contributed by atoms with Crippen LogP contribution in [0, 0.1) is 0 Å². The third kappa shape index (κ3) is 14.5. The van der Waals surface area contributed by atoms with E-state index < -0.39 is 92.7 Å². The molecule has 0 saturated carbocycles. The number of carbonyl (C=O) groups is 2. The molecule has 2 rings (SSSR count). The number of carbonyl (C=O) groups excluding carboxylic acids is 2. The number of hydrogen-bond donors (Lipinski definition) is 7. The highest BCUT2D eigenvalue weighted by molar-refractivity contribution is 5.70. The van der Waals surface area contributed by atoms with Crippen LogP contribution >= 0.6 is 0 Å². The molecule has 0 amide bonds. The monoisotopic (exact) mass is 682 g/mol. The maximum absolute atomic E-state index is 12.5. The maximum atomic E-state index is 12.5. The molecule has 276 valence electrons. The van der Waals surface area contributed by atoms with E-state index in [1.165, 1.54) is 25.7 Å². The molecule has 0 aromatic rings. The topological polar surface area (TPSA) is 231 Å². The summed E-state index contributed by atoms with van der Waals surface area (Å²) in [6.45, 7) is 2.29. The van der Waals surface area contributed by atoms with Gasteiger partial charge in [0.15, 0.2) is 18.7 Å². The summed E-state index contributed by atoms with van der Waals surface area (Å²) in [5.41, 5.74) is 0. The lowest BCUT2D eigenvalue weighted by Gasteiger charge is -2.42. The van der Waals surface area contributed by atoms with Gasteiger partial charge in [0.25, 0.3) is 0 Å². The third-order valence-corrected chi connectivity index (χ3v) is 8.34. The van der Waals surface area contributed by atoms with Gasteiger partial charge >= 0.3 is 11.9 Å². The van der Waals surface area contributed by atoms with Gasteiger partial charge in [0.05, 0.1) is 19.8 Å². The average molecular weight is 683 g/mol. The van der Waals surface area contributed by atoms with Crippen LogP contribution in [0.3, 0.4) is 0 Å². The Hall–Kier alpha value is -1.50. The van der Waals surface area contributed by atoms with Crippen molar-refractivity contribution in [3.8, 4) is 0 Å². The van der Waals surface area contributed by atoms with Crippen molar-refractivity contribution >= 4 is 11.9 Å². The second kappa shape index (κ2) is 23.0. The van der Waals surface area contributed by atoms with Crippen molar-refractivity contribution in [3.63, 3.8) is 0 Å². The summed E-state index contributed by atoms with van der Waals surface area (Å²) in [5.74, 6) is -0.960. The lowest BCUT2D eigenvalue weighted by atomic mass is 9.98. The first-order valence-electron chi connectivity index (χ1n) is 17.1. The van der Waals surface area contributed by atoms with Crippen LogP contribution in [-0.2, 0) is 38.0 Å². The van der Waals surface area contributed by atoms with Crippen LogP contribution in [-0.4, -0.2) is 142 Å². The minimum atomic E-state index is -1.75. The average Bonchev–Trinajstić information content (AvgIpc) is 3.06. The summed E-state index contributed by atoms with van der Waals surface area (Å²) < 4.78 is 32.8. The van der Waals surface area contributed by atoms with Gasteiger partial charge in [-0.15, -0.1) is 0 Å². The van der Waals surface area contributed by atoms with E-state index >= 15 is 0 Å². The first kappa shape index (κ1) is 41.7. The van der Waals surface area contributed by atoms with Gasteiger partial charge in [-0.05, 0) is 12.8 Å². The van der Waals surface area contributed by atoms with E-state index in [4.69, 9.17) is 28.4 Å². The van der Waals surface area contributed by atoms with Crippen LogP contribution in [0.1, 0.15) is 97.3 Å². The number of aliphatic hydroxyl groups is 7. The molecule has 15 heteroatoms. The van der Waals surface area contributed by atoms with E-state index in [9.17, 15) is 45.3 Å². The predicted octanol–water partition coefficient (Wildman–Crippen LogP) is 0.193. The molecule has 0 unspecified atom stereocenters. The molecular weight excluding hydrogens is 624 g/mol. The predicted molar refractivity (Wildman–Crippen MR) is 165 cm³/mol. The normalized spacial score (nSPS) is 31.8. The van der Waals surface area contributed by atoms with Crippen LogP contribution in [0.4, 0.5) is 0 Å². The lowest BCUT2D eigenvalue weighted by molar-refractivity contribution is -0.332. The van der Waals surface area contributed by atoms with Crippen molar-refractivity contribution in [2.45, 2.75) is 165 Å². The molecule has 0 radical (unpaired) electrons. The molecule has 7 N–H and O–H groups in total. The van der Waals surface area contributed by atoms with Gasteiger partial charge in [-0.2, -0.15) is 0 Å². The first-order valence-corrected chi connectivity index (χ1v) is 17.1. The number of rotatable bonds is 23. The molecule has 0 aromatic carbocycles. The van der Waals surface area contributed by atoms with E-state index in [0.717, 1.165) is 32.1 Å². The van der Waals surface area contributed by atoms with Crippen LogP contribution in [0.2, 0.25) is 0 Å². The molecule has 2 aliphatic heterocycles. The van der Waals surface area contributed by atoms with Crippen LogP contribution in [0.15, 0.2) is 0 Å². The zero-order chi connectivity index (χ0) is 34.8. The quantitative estimate of drug-likeness (QED) is 0.0563. The van der Waals surface area contributed by atoms with E-state index in [-0.39, 0.29) is 26.1 Å². The molecular formula is C32H58O15.